The number of carbonyl (C=O) groups is 1. The average Bonchev–Trinajstić information content (AvgIpc) is 3.31. The summed E-state index contributed by atoms with van der Waals surface area (Å²) >= 11 is 0. The number of carbonyl (C=O) groups excluding carboxylic acids is 1. The average molecular weight is 933 g/mol. The second kappa shape index (κ2) is 33.7. The summed E-state index contributed by atoms with van der Waals surface area (Å²) in [7, 11) is 140. The zero-order valence-corrected chi connectivity index (χ0v) is 42.1. The van der Waals surface area contributed by atoms with Crippen LogP contribution in [0.1, 0.15) is 25.5 Å². The van der Waals surface area contributed by atoms with Gasteiger partial charge in [0.2, 0.25) is 5.91 Å². The molecular formula is C21H20B43N6O7. The standard InChI is InChI=1S/C11H9N3O4.C9H7N3O3.CH4.B43/c1-7(15)13-2-3-18-11-8(6-12)4-9(14(16)17)5-10(11)13;10-5-6-3-7(12(13)14)4-8-9(6)15-2-1-11-8;;1-23-34(22)40(35(24(2)3)25(4)5)43(41(36(26(6)7)27(8)9)37(28(10)11)29(12)13)42(38(30(14)15)31(16)17)39(32(18)19)33(20)21/h4-5H,2-3H2,1H3;3-4,11H,1-2H2;1H4;. The highest BCUT2D eigenvalue weighted by Crippen LogP contribution is 2.38. The number of fused-ring (bicyclic) bond motifs is 2. The summed E-state index contributed by atoms with van der Waals surface area (Å²) in [5.74, 6) is 0.378. The van der Waals surface area contributed by atoms with E-state index in [2.05, 4.69) is 5.32 Å². The van der Waals surface area contributed by atoms with Crippen molar-refractivity contribution in [1.82, 2.24) is 0 Å². The van der Waals surface area contributed by atoms with Gasteiger partial charge < -0.3 is 19.7 Å². The van der Waals surface area contributed by atoms with Gasteiger partial charge in [0.1, 0.15) is 36.5 Å². The topological polar surface area (TPSA) is 185 Å². The highest BCUT2D eigenvalue weighted by Gasteiger charge is 2.58. The van der Waals surface area contributed by atoms with Crippen LogP contribution in [0.4, 0.5) is 22.7 Å². The van der Waals surface area contributed by atoms with Crippen LogP contribution in [-0.2, 0) is 4.79 Å². The maximum atomic E-state index is 11.5. The number of anilines is 2. The lowest BCUT2D eigenvalue weighted by molar-refractivity contribution is -0.385. The predicted octanol–water partition coefficient (Wildman–Crippen LogP) is -13.3. The highest BCUT2D eigenvalue weighted by atomic mass is 16.6. The van der Waals surface area contributed by atoms with E-state index >= 15 is 0 Å². The summed E-state index contributed by atoms with van der Waals surface area (Å²) < 4.78 is 10.6. The van der Waals surface area contributed by atoms with Gasteiger partial charge in [-0.3, -0.25) is 25.0 Å². The largest absolute Gasteiger partial charge is 0.488 e. The first-order valence-electron chi connectivity index (χ1n) is 23.5. The van der Waals surface area contributed by atoms with Crippen LogP contribution < -0.4 is 19.7 Å². The molecule has 0 saturated heterocycles. The lowest BCUT2D eigenvalue weighted by Gasteiger charge is -2.55. The number of nitriles is 2. The van der Waals surface area contributed by atoms with Crippen molar-refractivity contribution < 1.29 is 24.1 Å². The van der Waals surface area contributed by atoms with Gasteiger partial charge in [-0.1, -0.05) is 7.43 Å². The van der Waals surface area contributed by atoms with E-state index in [9.17, 15) is 25.0 Å². The summed E-state index contributed by atoms with van der Waals surface area (Å²) in [4.78, 5) is 33.1. The fraction of sp³-hybridized carbons (Fsp3) is 0.286. The molecule has 4 rings (SSSR count). The Balaban J connectivity index is 0.000000699. The van der Waals surface area contributed by atoms with Crippen molar-refractivity contribution in [3.63, 3.8) is 0 Å². The fourth-order valence-electron chi connectivity index (χ4n) is 10.3. The molecule has 0 fully saturated rings. The zero-order chi connectivity index (χ0) is 58.4. The summed E-state index contributed by atoms with van der Waals surface area (Å²) in [5, 5.41) is 42.1. The molecule has 2 heterocycles. The smallest absolute Gasteiger partial charge is 0.273 e. The van der Waals surface area contributed by atoms with Gasteiger partial charge in [0.05, 0.1) is 27.8 Å². The van der Waals surface area contributed by atoms with Gasteiger partial charge in [0.25, 0.3) is 11.4 Å². The van der Waals surface area contributed by atoms with Crippen LogP contribution in [0.25, 0.3) is 0 Å². The van der Waals surface area contributed by atoms with Crippen molar-refractivity contribution in [2.75, 3.05) is 36.5 Å². The Labute approximate surface area is 495 Å². The minimum absolute atomic E-state index is 0. The molecule has 0 aliphatic carbocycles. The third kappa shape index (κ3) is 19.2. The third-order valence-electron chi connectivity index (χ3n) is 13.4. The number of nitrogens with one attached hydrogen (secondary N) is 1. The first-order valence-corrected chi connectivity index (χ1v) is 23.5. The molecule has 0 spiro atoms. The molecule has 0 bridgehead atoms. The van der Waals surface area contributed by atoms with Crippen molar-refractivity contribution in [2.24, 2.45) is 0 Å². The van der Waals surface area contributed by atoms with Gasteiger partial charge in [0, 0.05) is 343 Å². The number of hydrogen-bond acceptors (Lipinski definition) is 10. The Bertz CT molecular complexity index is 2190. The van der Waals surface area contributed by atoms with Gasteiger partial charge in [-0.2, -0.15) is 10.5 Å². The molecule has 305 valence electrons. The SMILES string of the molecule is C.CC(=O)N1CCOc2c(C#N)cc([N+](=O)[O-])cc21.N#Cc1cc([N+](=O)[O-])cc2c1OCCN2.[B][B]B([B])B(B(B([B])[B])B([B])[B])B(B(B(B([B])[B])B([B])[B])B(B([B])[B])B([B])[B])B(B(B([B])[B])B([B])[B])B(B([B])[B])B([B])[B]. The lowest BCUT2D eigenvalue weighted by atomic mass is 8.26. The maximum absolute atomic E-state index is 11.5. The zero-order valence-electron chi connectivity index (χ0n) is 42.1. The van der Waals surface area contributed by atoms with Crippen LogP contribution in [0.3, 0.4) is 0 Å². The summed E-state index contributed by atoms with van der Waals surface area (Å²) in [6.07, 6.45) is -23.1. The quantitative estimate of drug-likeness (QED) is 0.0677. The van der Waals surface area contributed by atoms with E-state index in [1.807, 2.05) is 12.1 Å². The van der Waals surface area contributed by atoms with Gasteiger partial charge in [-0.25, -0.2) is 0 Å². The van der Waals surface area contributed by atoms with E-state index in [-0.39, 0.29) is 53.9 Å². The number of amides is 1. The summed E-state index contributed by atoms with van der Waals surface area (Å²) in [5.41, 5.74) is 0.688. The summed E-state index contributed by atoms with van der Waals surface area (Å²) in [6, 6.07) is 8.70. The first kappa shape index (κ1) is 72.9. The maximum Gasteiger partial charge on any atom is 0.273 e. The van der Waals surface area contributed by atoms with Gasteiger partial charge >= 0.3 is 0 Å². The minimum Gasteiger partial charge on any atom is -0.488 e. The van der Waals surface area contributed by atoms with Crippen molar-refractivity contribution in [3.05, 3.63) is 55.6 Å². The predicted molar refractivity (Wildman–Crippen MR) is 367 cm³/mol. The molecule has 0 unspecified atom stereocenters. The van der Waals surface area contributed by atoms with Crippen molar-refractivity contribution >= 4 is 334 Å². The van der Waals surface area contributed by atoms with Gasteiger partial charge in [0.15, 0.2) is 11.5 Å². The van der Waals surface area contributed by atoms with Crippen molar-refractivity contribution in [2.45, 2.75) is 14.4 Å². The Morgan fingerprint density at radius 3 is 1.21 bits per heavy atom. The van der Waals surface area contributed by atoms with E-state index in [1.165, 1.54) is 37.1 Å². The molecule has 1 amide bonds. The van der Waals surface area contributed by atoms with E-state index in [0.717, 1.165) is 6.07 Å². The van der Waals surface area contributed by atoms with Crippen molar-refractivity contribution in [3.8, 4) is 23.6 Å². The van der Waals surface area contributed by atoms with Crippen LogP contribution in [0, 0.1) is 42.9 Å². The molecule has 45 radical (unpaired) electrons. The van der Waals surface area contributed by atoms with E-state index < -0.39 is 138 Å². The molecule has 2 aromatic rings. The number of benzene rings is 2. The van der Waals surface area contributed by atoms with E-state index in [0.29, 0.717) is 31.1 Å². The number of nitro groups is 2. The monoisotopic (exact) mass is 942 g/mol. The first-order chi connectivity index (χ1) is 35.3. The summed E-state index contributed by atoms with van der Waals surface area (Å²) in [6.45, 7) is 2.98. The van der Waals surface area contributed by atoms with Crippen LogP contribution in [-0.4, -0.2) is 347 Å². The molecular weight excluding hydrogens is 913 g/mol. The molecule has 0 atom stereocenters. The molecule has 0 saturated carbocycles. The van der Waals surface area contributed by atoms with Gasteiger partial charge in [-0.15, -0.1) is 0 Å². The van der Waals surface area contributed by atoms with Crippen LogP contribution >= 0.6 is 0 Å². The number of rotatable bonds is 22. The van der Waals surface area contributed by atoms with Crippen LogP contribution in [0.2, 0.25) is 0 Å². The Morgan fingerprint density at radius 2 is 0.883 bits per heavy atom. The second-order valence-electron chi connectivity index (χ2n) is 18.5. The number of nitrogens with zero attached hydrogens (tertiary/aromatic N) is 5. The molecule has 2 aliphatic rings. The minimum atomic E-state index is -1.24. The number of nitro benzene ring substituents is 2. The molecule has 56 heteroatoms. The number of ether oxygens (including phenoxy) is 2. The highest BCUT2D eigenvalue weighted by molar-refractivity contribution is 8.33. The van der Waals surface area contributed by atoms with E-state index in [4.69, 9.17) is 190 Å². The molecule has 13 nitrogen and oxygen atoms in total. The molecule has 2 aliphatic heterocycles. The Kier molecular flexibility index (Phi) is 31.9. The molecule has 0 aromatic heterocycles. The normalized spacial score (nSPS) is 11.0. The van der Waals surface area contributed by atoms with E-state index in [1.54, 1.807) is 0 Å². The fourth-order valence-corrected chi connectivity index (χ4v) is 10.3. The second-order valence-corrected chi connectivity index (χ2v) is 18.5. The Hall–Kier alpha value is -2.12. The number of hydrogen-bond donors (Lipinski definition) is 1. The number of non-ortho nitro benzene ring substituents is 2. The lowest BCUT2D eigenvalue weighted by Crippen LogP contribution is -2.93. The Morgan fingerprint density at radius 1 is 0.558 bits per heavy atom. The van der Waals surface area contributed by atoms with Gasteiger partial charge in [-0.05, 0) is 0 Å². The van der Waals surface area contributed by atoms with Crippen molar-refractivity contribution in [1.29, 1.82) is 10.5 Å². The van der Waals surface area contributed by atoms with Crippen LogP contribution in [0.15, 0.2) is 24.3 Å². The molecule has 2 aromatic carbocycles. The third-order valence-corrected chi connectivity index (χ3v) is 13.4. The van der Waals surface area contributed by atoms with Crippen LogP contribution in [0.5, 0.6) is 11.5 Å². The molecule has 77 heavy (non-hydrogen) atoms. The molecule has 1 N–H and O–H groups in total.